The fraction of sp³-hybridized carbons (Fsp3) is 0.455. The number of likely N-dealkylation sites (tertiary alicyclic amines) is 1. The van der Waals surface area contributed by atoms with Gasteiger partial charge in [0, 0.05) is 48.7 Å². The first-order valence-corrected chi connectivity index (χ1v) is 10.1. The number of aromatic nitrogens is 3. The van der Waals surface area contributed by atoms with E-state index in [1.165, 1.54) is 0 Å². The number of carbonyl (C=O) groups excluding carboxylic acids is 1. The van der Waals surface area contributed by atoms with E-state index in [1.54, 1.807) is 6.08 Å². The van der Waals surface area contributed by atoms with Gasteiger partial charge in [-0.05, 0) is 59.0 Å². The zero-order valence-electron chi connectivity index (χ0n) is 17.7. The van der Waals surface area contributed by atoms with Crippen LogP contribution in [0.2, 0.25) is 0 Å². The molecule has 0 saturated carbocycles. The lowest BCUT2D eigenvalue weighted by molar-refractivity contribution is -0.127. The topological polar surface area (TPSA) is 74.2 Å². The second-order valence-corrected chi connectivity index (χ2v) is 7.86. The van der Waals surface area contributed by atoms with Gasteiger partial charge in [-0.1, -0.05) is 6.08 Å². The molecule has 1 saturated heterocycles. The number of nitrogens with zero attached hydrogens (tertiary/aromatic N) is 5. The molecule has 3 rings (SSSR count). The average molecular weight is 395 g/mol. The highest BCUT2D eigenvalue weighted by Gasteiger charge is 2.24. The average Bonchev–Trinajstić information content (AvgIpc) is 2.67. The standard InChI is InChI=1S/C22H30N6O/c1-16-13-17(2)25-22(24-16)26-19-9-10-20(23-14-19)18-7-5-12-28(15-18)21(29)8-6-11-27(3)4/h6,8-10,13-14,18H,5,7,11-12,15H2,1-4H3,(H,24,25,26)/b8-6+. The normalized spacial score (nSPS) is 17.1. The minimum atomic E-state index is 0.0850. The molecule has 1 aliphatic heterocycles. The summed E-state index contributed by atoms with van der Waals surface area (Å²) < 4.78 is 0. The fourth-order valence-electron chi connectivity index (χ4n) is 3.52. The Bertz CT molecular complexity index is 842. The third-order valence-electron chi connectivity index (χ3n) is 4.91. The smallest absolute Gasteiger partial charge is 0.246 e. The Labute approximate surface area is 172 Å². The van der Waals surface area contributed by atoms with Gasteiger partial charge >= 0.3 is 0 Å². The van der Waals surface area contributed by atoms with E-state index in [2.05, 4.69) is 20.3 Å². The molecule has 1 atom stereocenters. The summed E-state index contributed by atoms with van der Waals surface area (Å²) in [6.07, 6.45) is 7.46. The summed E-state index contributed by atoms with van der Waals surface area (Å²) in [6.45, 7) is 6.19. The van der Waals surface area contributed by atoms with E-state index >= 15 is 0 Å². The number of hydrogen-bond donors (Lipinski definition) is 1. The Morgan fingerprint density at radius 1 is 1.28 bits per heavy atom. The maximum atomic E-state index is 12.4. The monoisotopic (exact) mass is 394 g/mol. The molecule has 7 heteroatoms. The lowest BCUT2D eigenvalue weighted by Crippen LogP contribution is -2.38. The lowest BCUT2D eigenvalue weighted by atomic mass is 9.94. The van der Waals surface area contributed by atoms with Crippen molar-refractivity contribution in [3.63, 3.8) is 0 Å². The molecule has 0 bridgehead atoms. The summed E-state index contributed by atoms with van der Waals surface area (Å²) in [5.41, 5.74) is 3.73. The van der Waals surface area contributed by atoms with Crippen LogP contribution in [0.15, 0.2) is 36.5 Å². The van der Waals surface area contributed by atoms with Gasteiger partial charge in [0.1, 0.15) is 0 Å². The molecular formula is C22H30N6O. The number of rotatable bonds is 6. The van der Waals surface area contributed by atoms with E-state index < -0.39 is 0 Å². The molecule has 3 heterocycles. The van der Waals surface area contributed by atoms with Crippen LogP contribution in [0.1, 0.15) is 35.8 Å². The zero-order valence-corrected chi connectivity index (χ0v) is 17.7. The van der Waals surface area contributed by atoms with E-state index in [9.17, 15) is 4.79 Å². The van der Waals surface area contributed by atoms with E-state index in [4.69, 9.17) is 0 Å². The Hall–Kier alpha value is -2.80. The fourth-order valence-corrected chi connectivity index (χ4v) is 3.52. The summed E-state index contributed by atoms with van der Waals surface area (Å²) in [5.74, 6) is 0.930. The van der Waals surface area contributed by atoms with Crippen molar-refractivity contribution in [1.82, 2.24) is 24.8 Å². The number of anilines is 2. The number of amides is 1. The predicted octanol–water partition coefficient (Wildman–Crippen LogP) is 3.06. The Kier molecular flexibility index (Phi) is 6.93. The first-order valence-electron chi connectivity index (χ1n) is 10.1. The van der Waals surface area contributed by atoms with Crippen molar-refractivity contribution in [3.05, 3.63) is 53.6 Å². The van der Waals surface area contributed by atoms with Crippen molar-refractivity contribution in [1.29, 1.82) is 0 Å². The van der Waals surface area contributed by atoms with Crippen molar-refractivity contribution in [2.75, 3.05) is 39.0 Å². The van der Waals surface area contributed by atoms with Gasteiger partial charge < -0.3 is 15.1 Å². The molecule has 1 fully saturated rings. The Morgan fingerprint density at radius 3 is 2.69 bits per heavy atom. The molecule has 1 unspecified atom stereocenters. The van der Waals surface area contributed by atoms with Gasteiger partial charge in [-0.25, -0.2) is 9.97 Å². The summed E-state index contributed by atoms with van der Waals surface area (Å²) in [7, 11) is 3.98. The van der Waals surface area contributed by atoms with E-state index in [0.717, 1.165) is 48.7 Å². The van der Waals surface area contributed by atoms with Crippen molar-refractivity contribution in [2.24, 2.45) is 0 Å². The van der Waals surface area contributed by atoms with Crippen LogP contribution in [0.25, 0.3) is 0 Å². The SMILES string of the molecule is Cc1cc(C)nc(Nc2ccc(C3CCCN(C(=O)/C=C/CN(C)C)C3)nc2)n1. The van der Waals surface area contributed by atoms with Gasteiger partial charge in [0.2, 0.25) is 11.9 Å². The lowest BCUT2D eigenvalue weighted by Gasteiger charge is -2.32. The van der Waals surface area contributed by atoms with E-state index in [-0.39, 0.29) is 11.8 Å². The van der Waals surface area contributed by atoms with Gasteiger partial charge in [0.05, 0.1) is 11.9 Å². The molecule has 0 aliphatic carbocycles. The van der Waals surface area contributed by atoms with Crippen molar-refractivity contribution >= 4 is 17.5 Å². The van der Waals surface area contributed by atoms with Crippen LogP contribution in [-0.4, -0.2) is 64.4 Å². The highest BCUT2D eigenvalue weighted by molar-refractivity contribution is 5.87. The highest BCUT2D eigenvalue weighted by Crippen LogP contribution is 2.26. The van der Waals surface area contributed by atoms with Crippen LogP contribution in [0.5, 0.6) is 0 Å². The molecule has 0 radical (unpaired) electrons. The summed E-state index contributed by atoms with van der Waals surface area (Å²) in [5, 5.41) is 3.21. The van der Waals surface area contributed by atoms with Crippen LogP contribution >= 0.6 is 0 Å². The minimum absolute atomic E-state index is 0.0850. The molecule has 0 aromatic carbocycles. The third kappa shape index (κ3) is 6.09. The van der Waals surface area contributed by atoms with Gasteiger partial charge in [0.25, 0.3) is 0 Å². The van der Waals surface area contributed by atoms with Crippen LogP contribution in [0.3, 0.4) is 0 Å². The molecule has 1 N–H and O–H groups in total. The molecule has 2 aromatic heterocycles. The van der Waals surface area contributed by atoms with Crippen molar-refractivity contribution < 1.29 is 4.79 Å². The summed E-state index contributed by atoms with van der Waals surface area (Å²) in [6, 6.07) is 5.98. The molecular weight excluding hydrogens is 364 g/mol. The second-order valence-electron chi connectivity index (χ2n) is 7.86. The van der Waals surface area contributed by atoms with E-state index in [1.807, 2.05) is 68.2 Å². The number of carbonyl (C=O) groups is 1. The molecule has 7 nitrogen and oxygen atoms in total. The largest absolute Gasteiger partial charge is 0.339 e. The quantitative estimate of drug-likeness (QED) is 0.759. The highest BCUT2D eigenvalue weighted by atomic mass is 16.2. The van der Waals surface area contributed by atoms with Gasteiger partial charge in [0.15, 0.2) is 0 Å². The van der Waals surface area contributed by atoms with Gasteiger partial charge in [-0.15, -0.1) is 0 Å². The van der Waals surface area contributed by atoms with Crippen LogP contribution in [0.4, 0.5) is 11.6 Å². The third-order valence-corrected chi connectivity index (χ3v) is 4.91. The van der Waals surface area contributed by atoms with Gasteiger partial charge in [-0.3, -0.25) is 9.78 Å². The first kappa shape index (κ1) is 20.9. The summed E-state index contributed by atoms with van der Waals surface area (Å²) >= 11 is 0. The summed E-state index contributed by atoms with van der Waals surface area (Å²) in [4.78, 5) is 29.9. The first-order chi connectivity index (χ1) is 13.9. The molecule has 2 aromatic rings. The number of aryl methyl sites for hydroxylation is 2. The number of nitrogens with one attached hydrogen (secondary N) is 1. The Morgan fingerprint density at radius 2 is 2.03 bits per heavy atom. The van der Waals surface area contributed by atoms with E-state index in [0.29, 0.717) is 12.5 Å². The molecule has 1 aliphatic rings. The minimum Gasteiger partial charge on any atom is -0.339 e. The Balaban J connectivity index is 1.61. The number of pyridine rings is 1. The van der Waals surface area contributed by atoms with Gasteiger partial charge in [-0.2, -0.15) is 0 Å². The molecule has 154 valence electrons. The van der Waals surface area contributed by atoms with Crippen LogP contribution in [0, 0.1) is 13.8 Å². The number of hydrogen-bond acceptors (Lipinski definition) is 6. The molecule has 29 heavy (non-hydrogen) atoms. The number of piperidine rings is 1. The maximum absolute atomic E-state index is 12.4. The zero-order chi connectivity index (χ0) is 20.8. The van der Waals surface area contributed by atoms with Crippen LogP contribution in [-0.2, 0) is 4.79 Å². The second kappa shape index (κ2) is 9.60. The maximum Gasteiger partial charge on any atom is 0.246 e. The van der Waals surface area contributed by atoms with Crippen molar-refractivity contribution in [2.45, 2.75) is 32.6 Å². The van der Waals surface area contributed by atoms with Crippen LogP contribution < -0.4 is 5.32 Å². The predicted molar refractivity (Wildman–Crippen MR) is 115 cm³/mol. The number of likely N-dealkylation sites (N-methyl/N-ethyl adjacent to an activating group) is 1. The molecule has 0 spiro atoms. The van der Waals surface area contributed by atoms with Crippen molar-refractivity contribution in [3.8, 4) is 0 Å². The molecule has 1 amide bonds.